The summed E-state index contributed by atoms with van der Waals surface area (Å²) in [6.07, 6.45) is 0. The predicted molar refractivity (Wildman–Crippen MR) is 113 cm³/mol. The second kappa shape index (κ2) is 8.48. The maximum absolute atomic E-state index is 12.9. The zero-order valence-corrected chi connectivity index (χ0v) is 17.8. The zero-order valence-electron chi connectivity index (χ0n) is 16.2. The fourth-order valence-corrected chi connectivity index (χ4v) is 3.29. The highest BCUT2D eigenvalue weighted by Gasteiger charge is 2.19. The van der Waals surface area contributed by atoms with Gasteiger partial charge in [-0.25, -0.2) is 0 Å². The molecular formula is C21H22BrN3O3. The monoisotopic (exact) mass is 443 g/mol. The molecule has 3 aromatic rings. The number of aryl methyl sites for hydroxylation is 2. The van der Waals surface area contributed by atoms with Gasteiger partial charge in [0, 0.05) is 22.6 Å². The van der Waals surface area contributed by atoms with Crippen LogP contribution in [0.2, 0.25) is 0 Å². The van der Waals surface area contributed by atoms with E-state index in [1.807, 2.05) is 45.2 Å². The van der Waals surface area contributed by atoms with E-state index in [1.54, 1.807) is 30.0 Å². The minimum absolute atomic E-state index is 0.245. The maximum atomic E-state index is 12.9. The highest BCUT2D eigenvalue weighted by Crippen LogP contribution is 2.33. The smallest absolute Gasteiger partial charge is 0.256 e. The molecule has 0 unspecified atom stereocenters. The Labute approximate surface area is 172 Å². The van der Waals surface area contributed by atoms with Crippen LogP contribution in [0.25, 0.3) is 11.1 Å². The summed E-state index contributed by atoms with van der Waals surface area (Å²) in [7, 11) is 3.38. The molecule has 1 amide bonds. The highest BCUT2D eigenvalue weighted by molar-refractivity contribution is 9.10. The van der Waals surface area contributed by atoms with Gasteiger partial charge >= 0.3 is 0 Å². The van der Waals surface area contributed by atoms with Crippen molar-refractivity contribution in [1.29, 1.82) is 0 Å². The van der Waals surface area contributed by atoms with Crippen LogP contribution in [0.5, 0.6) is 11.5 Å². The first-order valence-electron chi connectivity index (χ1n) is 8.86. The number of nitrogens with one attached hydrogen (secondary N) is 1. The predicted octanol–water partition coefficient (Wildman–Crippen LogP) is 4.82. The lowest BCUT2D eigenvalue weighted by atomic mass is 10.1. The molecule has 0 radical (unpaired) electrons. The van der Waals surface area contributed by atoms with Gasteiger partial charge in [0.05, 0.1) is 19.4 Å². The van der Waals surface area contributed by atoms with Crippen molar-refractivity contribution in [1.82, 2.24) is 9.78 Å². The van der Waals surface area contributed by atoms with Gasteiger partial charge in [-0.05, 0) is 49.7 Å². The second-order valence-corrected chi connectivity index (χ2v) is 7.11. The number of nitrogens with zero attached hydrogens (tertiary/aromatic N) is 2. The lowest BCUT2D eigenvalue weighted by Gasteiger charge is -2.12. The SMILES string of the molecule is CCOc1cc(C(=O)Nc2c(-c3ccc(Br)cc3)c(C)nn2C)ccc1OC. The minimum Gasteiger partial charge on any atom is -0.493 e. The number of carbonyl (C=O) groups is 1. The molecular weight excluding hydrogens is 422 g/mol. The number of amides is 1. The third-order valence-electron chi connectivity index (χ3n) is 4.31. The van der Waals surface area contributed by atoms with Gasteiger partial charge in [0.2, 0.25) is 0 Å². The lowest BCUT2D eigenvalue weighted by Crippen LogP contribution is -2.15. The third-order valence-corrected chi connectivity index (χ3v) is 4.84. The van der Waals surface area contributed by atoms with E-state index in [0.717, 1.165) is 21.3 Å². The molecule has 0 aliphatic rings. The first-order chi connectivity index (χ1) is 13.4. The molecule has 0 aliphatic heterocycles. The van der Waals surface area contributed by atoms with Gasteiger partial charge < -0.3 is 14.8 Å². The summed E-state index contributed by atoms with van der Waals surface area (Å²) in [5.41, 5.74) is 3.19. The van der Waals surface area contributed by atoms with Gasteiger partial charge in [0.1, 0.15) is 5.82 Å². The number of halogens is 1. The van der Waals surface area contributed by atoms with E-state index in [2.05, 4.69) is 26.3 Å². The molecule has 0 bridgehead atoms. The Kier molecular flexibility index (Phi) is 6.04. The Morgan fingerprint density at radius 3 is 2.54 bits per heavy atom. The van der Waals surface area contributed by atoms with Gasteiger partial charge in [-0.2, -0.15) is 5.10 Å². The van der Waals surface area contributed by atoms with Crippen LogP contribution >= 0.6 is 15.9 Å². The van der Waals surface area contributed by atoms with E-state index in [4.69, 9.17) is 9.47 Å². The van der Waals surface area contributed by atoms with E-state index in [9.17, 15) is 4.79 Å². The normalized spacial score (nSPS) is 10.6. The average molecular weight is 444 g/mol. The van der Waals surface area contributed by atoms with Crippen LogP contribution in [0.4, 0.5) is 5.82 Å². The molecule has 28 heavy (non-hydrogen) atoms. The molecule has 6 nitrogen and oxygen atoms in total. The van der Waals surface area contributed by atoms with Crippen LogP contribution in [0.15, 0.2) is 46.9 Å². The van der Waals surface area contributed by atoms with Crippen LogP contribution in [0.1, 0.15) is 23.0 Å². The van der Waals surface area contributed by atoms with Crippen LogP contribution in [0.3, 0.4) is 0 Å². The first-order valence-corrected chi connectivity index (χ1v) is 9.65. The van der Waals surface area contributed by atoms with Gasteiger partial charge in [-0.3, -0.25) is 9.48 Å². The van der Waals surface area contributed by atoms with Gasteiger partial charge in [0.15, 0.2) is 11.5 Å². The molecule has 1 N–H and O–H groups in total. The van der Waals surface area contributed by atoms with Crippen molar-refractivity contribution < 1.29 is 14.3 Å². The molecule has 0 spiro atoms. The summed E-state index contributed by atoms with van der Waals surface area (Å²) < 4.78 is 13.5. The summed E-state index contributed by atoms with van der Waals surface area (Å²) >= 11 is 3.45. The van der Waals surface area contributed by atoms with Crippen molar-refractivity contribution in [3.63, 3.8) is 0 Å². The molecule has 7 heteroatoms. The highest BCUT2D eigenvalue weighted by atomic mass is 79.9. The molecule has 0 atom stereocenters. The number of hydrogen-bond donors (Lipinski definition) is 1. The molecule has 0 saturated heterocycles. The Hall–Kier alpha value is -2.80. The number of anilines is 1. The second-order valence-electron chi connectivity index (χ2n) is 6.19. The minimum atomic E-state index is -0.245. The fraction of sp³-hybridized carbons (Fsp3) is 0.238. The summed E-state index contributed by atoms with van der Waals surface area (Å²) in [4.78, 5) is 12.9. The van der Waals surface area contributed by atoms with Crippen molar-refractivity contribution in [2.75, 3.05) is 19.0 Å². The Morgan fingerprint density at radius 2 is 1.89 bits per heavy atom. The van der Waals surface area contributed by atoms with E-state index in [1.165, 1.54) is 0 Å². The van der Waals surface area contributed by atoms with Crippen LogP contribution in [-0.4, -0.2) is 29.4 Å². The summed E-state index contributed by atoms with van der Waals surface area (Å²) in [5.74, 6) is 1.51. The third kappa shape index (κ3) is 4.04. The molecule has 1 aromatic heterocycles. The Morgan fingerprint density at radius 1 is 1.18 bits per heavy atom. The van der Waals surface area contributed by atoms with Crippen molar-refractivity contribution in [2.45, 2.75) is 13.8 Å². The van der Waals surface area contributed by atoms with E-state index >= 15 is 0 Å². The average Bonchev–Trinajstić information content (AvgIpc) is 2.96. The van der Waals surface area contributed by atoms with Crippen LogP contribution in [-0.2, 0) is 7.05 Å². The fourth-order valence-electron chi connectivity index (χ4n) is 3.03. The number of ether oxygens (including phenoxy) is 2. The van der Waals surface area contributed by atoms with Crippen molar-refractivity contribution >= 4 is 27.7 Å². The summed E-state index contributed by atoms with van der Waals surface area (Å²) in [6.45, 7) is 4.29. The first kappa shape index (κ1) is 19.9. The Balaban J connectivity index is 1.95. The molecule has 146 valence electrons. The zero-order chi connectivity index (χ0) is 20.3. The van der Waals surface area contributed by atoms with E-state index < -0.39 is 0 Å². The summed E-state index contributed by atoms with van der Waals surface area (Å²) in [5, 5.41) is 7.47. The number of carbonyl (C=O) groups excluding carboxylic acids is 1. The molecule has 0 fully saturated rings. The number of hydrogen-bond acceptors (Lipinski definition) is 4. The number of benzene rings is 2. The van der Waals surface area contributed by atoms with Crippen molar-refractivity contribution in [2.24, 2.45) is 7.05 Å². The van der Waals surface area contributed by atoms with E-state index in [-0.39, 0.29) is 5.91 Å². The number of aromatic nitrogens is 2. The van der Waals surface area contributed by atoms with E-state index in [0.29, 0.717) is 29.5 Å². The molecule has 0 aliphatic carbocycles. The molecule has 1 heterocycles. The standard InChI is InChI=1S/C21H22BrN3O3/c1-5-28-18-12-15(8-11-17(18)27-4)21(26)23-20-19(13(2)24-25(20)3)14-6-9-16(22)10-7-14/h6-12H,5H2,1-4H3,(H,23,26). The topological polar surface area (TPSA) is 65.4 Å². The summed E-state index contributed by atoms with van der Waals surface area (Å²) in [6, 6.07) is 13.0. The molecule has 0 saturated carbocycles. The number of methoxy groups -OCH3 is 1. The lowest BCUT2D eigenvalue weighted by molar-refractivity contribution is 0.102. The molecule has 3 rings (SSSR count). The van der Waals surface area contributed by atoms with Gasteiger partial charge in [-0.1, -0.05) is 28.1 Å². The Bertz CT molecular complexity index is 997. The maximum Gasteiger partial charge on any atom is 0.256 e. The largest absolute Gasteiger partial charge is 0.493 e. The quantitative estimate of drug-likeness (QED) is 0.592. The number of rotatable bonds is 6. The van der Waals surface area contributed by atoms with Crippen molar-refractivity contribution in [3.05, 3.63) is 58.2 Å². The van der Waals surface area contributed by atoms with Crippen LogP contribution < -0.4 is 14.8 Å². The van der Waals surface area contributed by atoms with Crippen LogP contribution in [0, 0.1) is 6.92 Å². The van der Waals surface area contributed by atoms with Gasteiger partial charge in [0.25, 0.3) is 5.91 Å². The molecule has 2 aromatic carbocycles. The van der Waals surface area contributed by atoms with Gasteiger partial charge in [-0.15, -0.1) is 0 Å². The van der Waals surface area contributed by atoms with Crippen molar-refractivity contribution in [3.8, 4) is 22.6 Å².